The third-order valence-corrected chi connectivity index (χ3v) is 9.54. The van der Waals surface area contributed by atoms with Crippen molar-refractivity contribution in [2.45, 2.75) is 25.7 Å². The van der Waals surface area contributed by atoms with Gasteiger partial charge in [-0.2, -0.15) is 0 Å². The fourth-order valence-corrected chi connectivity index (χ4v) is 7.61. The van der Waals surface area contributed by atoms with Gasteiger partial charge in [-0.15, -0.1) is 0 Å². The van der Waals surface area contributed by atoms with E-state index in [1.54, 1.807) is 0 Å². The van der Waals surface area contributed by atoms with Crippen molar-refractivity contribution in [3.8, 4) is 33.4 Å². The second kappa shape index (κ2) is 9.71. The predicted molar refractivity (Wildman–Crippen MR) is 184 cm³/mol. The highest BCUT2D eigenvalue weighted by Gasteiger charge is 2.20. The molecule has 0 radical (unpaired) electrons. The normalized spacial score (nSPS) is 13.2. The molecule has 8 aromatic rings. The molecule has 1 aromatic heterocycles. The molecule has 204 valence electrons. The third kappa shape index (κ3) is 3.85. The highest BCUT2D eigenvalue weighted by Crippen LogP contribution is 2.47. The van der Waals surface area contributed by atoms with Crippen LogP contribution in [0.15, 0.2) is 133 Å². The van der Waals surface area contributed by atoms with Gasteiger partial charge < -0.3 is 4.98 Å². The number of nitrogens with one attached hydrogen (secondary N) is 1. The van der Waals surface area contributed by atoms with Gasteiger partial charge in [0.05, 0.1) is 0 Å². The van der Waals surface area contributed by atoms with Crippen molar-refractivity contribution in [3.63, 3.8) is 0 Å². The number of fused-ring (bicyclic) bond motifs is 6. The molecule has 43 heavy (non-hydrogen) atoms. The molecule has 1 heterocycles. The van der Waals surface area contributed by atoms with Crippen LogP contribution in [0.5, 0.6) is 0 Å². The Morgan fingerprint density at radius 2 is 0.977 bits per heavy atom. The highest BCUT2D eigenvalue weighted by atomic mass is 14.7. The van der Waals surface area contributed by atoms with Crippen LogP contribution in [-0.2, 0) is 12.8 Å². The van der Waals surface area contributed by atoms with E-state index in [2.05, 4.69) is 138 Å². The largest absolute Gasteiger partial charge is 0.354 e. The van der Waals surface area contributed by atoms with E-state index in [0.717, 1.165) is 0 Å². The average Bonchev–Trinajstić information content (AvgIpc) is 3.44. The standard InChI is InChI=1S/C42H31N/c1-2-12-27(13-3-1)28-16-10-17-31(24-28)40-32-18-6-8-20-34(32)41(35-21-9-7-19-33(35)40)36-22-11-23-38-42(36)37-25-29-14-4-5-15-30(29)26-39(37)43-38/h1-3,6-13,16-26,43H,4-5,14-15H2. The molecule has 0 aliphatic heterocycles. The number of rotatable bonds is 3. The summed E-state index contributed by atoms with van der Waals surface area (Å²) in [6.45, 7) is 0. The Kier molecular flexibility index (Phi) is 5.52. The van der Waals surface area contributed by atoms with Crippen molar-refractivity contribution in [2.24, 2.45) is 0 Å². The first-order valence-electron chi connectivity index (χ1n) is 15.5. The Hall–Kier alpha value is -5.14. The molecule has 1 N–H and O–H groups in total. The van der Waals surface area contributed by atoms with Crippen molar-refractivity contribution in [3.05, 3.63) is 145 Å². The summed E-state index contributed by atoms with van der Waals surface area (Å²) < 4.78 is 0. The first-order valence-corrected chi connectivity index (χ1v) is 15.5. The second-order valence-corrected chi connectivity index (χ2v) is 12.0. The second-order valence-electron chi connectivity index (χ2n) is 12.0. The van der Waals surface area contributed by atoms with Crippen molar-refractivity contribution in [1.29, 1.82) is 0 Å². The minimum absolute atomic E-state index is 1.18. The van der Waals surface area contributed by atoms with Gasteiger partial charge in [0.1, 0.15) is 0 Å². The Balaban J connectivity index is 1.37. The maximum Gasteiger partial charge on any atom is 0.0471 e. The van der Waals surface area contributed by atoms with Gasteiger partial charge in [-0.05, 0) is 116 Å². The summed E-state index contributed by atoms with van der Waals surface area (Å²) >= 11 is 0. The molecule has 7 aromatic carbocycles. The molecule has 0 atom stereocenters. The zero-order valence-corrected chi connectivity index (χ0v) is 24.0. The van der Waals surface area contributed by atoms with Gasteiger partial charge in [0.2, 0.25) is 0 Å². The van der Waals surface area contributed by atoms with Gasteiger partial charge in [0.25, 0.3) is 0 Å². The van der Waals surface area contributed by atoms with E-state index in [9.17, 15) is 0 Å². The lowest BCUT2D eigenvalue weighted by Crippen LogP contribution is -2.01. The number of benzene rings is 7. The molecule has 0 saturated carbocycles. The van der Waals surface area contributed by atoms with Crippen LogP contribution in [0.1, 0.15) is 24.0 Å². The Morgan fingerprint density at radius 1 is 0.395 bits per heavy atom. The summed E-state index contributed by atoms with van der Waals surface area (Å²) in [6.07, 6.45) is 4.96. The molecule has 1 nitrogen and oxygen atoms in total. The molecule has 1 heteroatoms. The van der Waals surface area contributed by atoms with Gasteiger partial charge >= 0.3 is 0 Å². The fraction of sp³-hybridized carbons (Fsp3) is 0.0952. The van der Waals surface area contributed by atoms with Crippen LogP contribution in [0.25, 0.3) is 76.7 Å². The van der Waals surface area contributed by atoms with E-state index in [-0.39, 0.29) is 0 Å². The van der Waals surface area contributed by atoms with Gasteiger partial charge in [0, 0.05) is 21.8 Å². The zero-order valence-electron chi connectivity index (χ0n) is 24.0. The number of H-pyrrole nitrogens is 1. The highest BCUT2D eigenvalue weighted by molar-refractivity contribution is 6.26. The minimum atomic E-state index is 1.18. The molecule has 0 amide bonds. The first kappa shape index (κ1) is 24.5. The van der Waals surface area contributed by atoms with E-state index in [4.69, 9.17) is 0 Å². The van der Waals surface area contributed by atoms with Gasteiger partial charge in [-0.1, -0.05) is 109 Å². The van der Waals surface area contributed by atoms with Crippen LogP contribution in [0, 0.1) is 0 Å². The SMILES string of the molecule is c1ccc(-c2cccc(-c3c4ccccc4c(-c4cccc5[nH]c6cc7c(cc6c45)CCCC7)c4ccccc34)c2)cc1. The van der Waals surface area contributed by atoms with Crippen molar-refractivity contribution < 1.29 is 0 Å². The zero-order chi connectivity index (χ0) is 28.3. The Bertz CT molecular complexity index is 2280. The van der Waals surface area contributed by atoms with Crippen molar-refractivity contribution >= 4 is 43.4 Å². The number of hydrogen-bond donors (Lipinski definition) is 1. The van der Waals surface area contributed by atoms with Crippen LogP contribution in [0.4, 0.5) is 0 Å². The molecular formula is C42H31N. The van der Waals surface area contributed by atoms with E-state index in [1.165, 1.54) is 114 Å². The van der Waals surface area contributed by atoms with E-state index in [0.29, 0.717) is 0 Å². The van der Waals surface area contributed by atoms with Crippen LogP contribution in [-0.4, -0.2) is 4.98 Å². The van der Waals surface area contributed by atoms with E-state index in [1.807, 2.05) is 0 Å². The molecule has 0 saturated heterocycles. The number of aromatic amines is 1. The summed E-state index contributed by atoms with van der Waals surface area (Å²) in [5, 5.41) is 7.84. The predicted octanol–water partition coefficient (Wildman–Crippen LogP) is 11.5. The lowest BCUT2D eigenvalue weighted by molar-refractivity contribution is 0.687. The van der Waals surface area contributed by atoms with Crippen LogP contribution in [0.3, 0.4) is 0 Å². The minimum Gasteiger partial charge on any atom is -0.354 e. The number of aryl methyl sites for hydroxylation is 2. The summed E-state index contributed by atoms with van der Waals surface area (Å²) in [7, 11) is 0. The smallest absolute Gasteiger partial charge is 0.0471 e. The van der Waals surface area contributed by atoms with Gasteiger partial charge in [0.15, 0.2) is 0 Å². The quantitative estimate of drug-likeness (QED) is 0.211. The summed E-state index contributed by atoms with van der Waals surface area (Å²) in [5.74, 6) is 0. The van der Waals surface area contributed by atoms with E-state index >= 15 is 0 Å². The average molecular weight is 550 g/mol. The molecule has 0 unspecified atom stereocenters. The molecule has 0 bridgehead atoms. The van der Waals surface area contributed by atoms with Crippen LogP contribution >= 0.6 is 0 Å². The maximum absolute atomic E-state index is 3.79. The van der Waals surface area contributed by atoms with Crippen LogP contribution < -0.4 is 0 Å². The molecule has 0 fully saturated rings. The number of hydrogen-bond acceptors (Lipinski definition) is 0. The van der Waals surface area contributed by atoms with Crippen LogP contribution in [0.2, 0.25) is 0 Å². The fourth-order valence-electron chi connectivity index (χ4n) is 7.61. The topological polar surface area (TPSA) is 15.8 Å². The molecule has 0 spiro atoms. The molecule has 9 rings (SSSR count). The summed E-state index contributed by atoms with van der Waals surface area (Å²) in [4.78, 5) is 3.79. The monoisotopic (exact) mass is 549 g/mol. The molecule has 1 aliphatic carbocycles. The lowest BCUT2D eigenvalue weighted by Gasteiger charge is -2.19. The number of aromatic nitrogens is 1. The van der Waals surface area contributed by atoms with Crippen molar-refractivity contribution in [1.82, 2.24) is 4.98 Å². The maximum atomic E-state index is 3.79. The van der Waals surface area contributed by atoms with E-state index < -0.39 is 0 Å². The summed E-state index contributed by atoms with van der Waals surface area (Å²) in [6, 6.07) is 49.4. The molecule has 1 aliphatic rings. The van der Waals surface area contributed by atoms with Crippen molar-refractivity contribution in [2.75, 3.05) is 0 Å². The molecular weight excluding hydrogens is 518 g/mol. The van der Waals surface area contributed by atoms with Gasteiger partial charge in [-0.3, -0.25) is 0 Å². The lowest BCUT2D eigenvalue weighted by atomic mass is 9.84. The Morgan fingerprint density at radius 3 is 1.70 bits per heavy atom. The van der Waals surface area contributed by atoms with Gasteiger partial charge in [-0.25, -0.2) is 0 Å². The first-order chi connectivity index (χ1) is 21.3. The Labute approximate surface area is 251 Å². The third-order valence-electron chi connectivity index (χ3n) is 9.54. The summed E-state index contributed by atoms with van der Waals surface area (Å²) in [5.41, 5.74) is 13.2.